The summed E-state index contributed by atoms with van der Waals surface area (Å²) in [7, 11) is 0. The lowest BCUT2D eigenvalue weighted by Crippen LogP contribution is -1.90. The molecule has 0 aliphatic heterocycles. The van der Waals surface area contributed by atoms with Crippen LogP contribution in [0.3, 0.4) is 0 Å². The topological polar surface area (TPSA) is 0 Å². The fourth-order valence-electron chi connectivity index (χ4n) is 2.93. The SMILES string of the molecule is [CH2]C(S)CCCCCCCCCCCCCCCCCC. The molecule has 0 saturated heterocycles. The highest BCUT2D eigenvalue weighted by atomic mass is 32.1. The van der Waals surface area contributed by atoms with Gasteiger partial charge in [-0.1, -0.05) is 110 Å². The van der Waals surface area contributed by atoms with Crippen LogP contribution in [0.25, 0.3) is 0 Å². The molecule has 0 heterocycles. The molecule has 0 N–H and O–H groups in total. The van der Waals surface area contributed by atoms with Gasteiger partial charge in [0, 0.05) is 5.25 Å². The van der Waals surface area contributed by atoms with Crippen LogP contribution in [0, 0.1) is 6.92 Å². The van der Waals surface area contributed by atoms with Crippen LogP contribution in [0.5, 0.6) is 0 Å². The standard InChI is InChI=1S/C20H41S/c1-3-4-5-6-7-8-9-10-11-12-13-14-15-16-17-18-19-20(2)21/h20-21H,2-19H2,1H3. The molecule has 0 aromatic rings. The molecule has 0 bridgehead atoms. The number of unbranched alkanes of at least 4 members (excludes halogenated alkanes) is 15. The molecular weight excluding hydrogens is 272 g/mol. The lowest BCUT2D eigenvalue weighted by molar-refractivity contribution is 0.528. The maximum absolute atomic E-state index is 4.31. The molecule has 0 aliphatic rings. The summed E-state index contributed by atoms with van der Waals surface area (Å²) in [6.07, 6.45) is 24.2. The van der Waals surface area contributed by atoms with Crippen molar-refractivity contribution in [2.45, 2.75) is 121 Å². The summed E-state index contributed by atoms with van der Waals surface area (Å²) in [5.74, 6) is 0. The molecule has 127 valence electrons. The first-order chi connectivity index (χ1) is 10.3. The minimum atomic E-state index is 0.344. The molecule has 0 aliphatic carbocycles. The largest absolute Gasteiger partial charge is 0.176 e. The van der Waals surface area contributed by atoms with E-state index in [1.807, 2.05) is 0 Å². The van der Waals surface area contributed by atoms with Crippen molar-refractivity contribution in [3.05, 3.63) is 6.92 Å². The average molecular weight is 314 g/mol. The summed E-state index contributed by atoms with van der Waals surface area (Å²) in [4.78, 5) is 0. The summed E-state index contributed by atoms with van der Waals surface area (Å²) in [6, 6.07) is 0. The first-order valence-electron chi connectivity index (χ1n) is 9.78. The quantitative estimate of drug-likeness (QED) is 0.206. The Balaban J connectivity index is 2.93. The lowest BCUT2D eigenvalue weighted by Gasteiger charge is -2.04. The summed E-state index contributed by atoms with van der Waals surface area (Å²) in [5, 5.41) is 0.344. The fourth-order valence-corrected chi connectivity index (χ4v) is 3.11. The molecule has 1 radical (unpaired) electrons. The van der Waals surface area contributed by atoms with Crippen molar-refractivity contribution in [3.63, 3.8) is 0 Å². The van der Waals surface area contributed by atoms with E-state index in [1.54, 1.807) is 0 Å². The molecule has 0 saturated carbocycles. The molecule has 1 heteroatoms. The Labute approximate surface area is 141 Å². The van der Waals surface area contributed by atoms with Crippen LogP contribution in [0.2, 0.25) is 0 Å². The zero-order valence-electron chi connectivity index (χ0n) is 14.8. The van der Waals surface area contributed by atoms with Crippen molar-refractivity contribution in [2.24, 2.45) is 0 Å². The van der Waals surface area contributed by atoms with Crippen LogP contribution in [0.4, 0.5) is 0 Å². The van der Waals surface area contributed by atoms with Gasteiger partial charge in [-0.05, 0) is 13.3 Å². The van der Waals surface area contributed by atoms with E-state index in [9.17, 15) is 0 Å². The normalized spacial score (nSPS) is 12.7. The fraction of sp³-hybridized carbons (Fsp3) is 0.950. The van der Waals surface area contributed by atoms with Gasteiger partial charge in [0.1, 0.15) is 0 Å². The van der Waals surface area contributed by atoms with E-state index in [0.29, 0.717) is 5.25 Å². The molecular formula is C20H41S. The molecule has 0 fully saturated rings. The van der Waals surface area contributed by atoms with Crippen molar-refractivity contribution in [3.8, 4) is 0 Å². The zero-order valence-corrected chi connectivity index (χ0v) is 15.6. The third-order valence-electron chi connectivity index (χ3n) is 4.39. The number of hydrogen-bond acceptors (Lipinski definition) is 1. The van der Waals surface area contributed by atoms with Gasteiger partial charge in [0.2, 0.25) is 0 Å². The van der Waals surface area contributed by atoms with Crippen LogP contribution in [-0.4, -0.2) is 5.25 Å². The van der Waals surface area contributed by atoms with Crippen molar-refractivity contribution >= 4 is 12.6 Å². The second-order valence-electron chi connectivity index (χ2n) is 6.75. The van der Waals surface area contributed by atoms with Gasteiger partial charge in [-0.15, -0.1) is 0 Å². The number of hydrogen-bond donors (Lipinski definition) is 1. The van der Waals surface area contributed by atoms with E-state index in [-0.39, 0.29) is 0 Å². The Morgan fingerprint density at radius 3 is 1.14 bits per heavy atom. The molecule has 0 aromatic carbocycles. The third-order valence-corrected chi connectivity index (χ3v) is 4.65. The summed E-state index contributed by atoms with van der Waals surface area (Å²) in [5.41, 5.74) is 0. The van der Waals surface area contributed by atoms with Crippen molar-refractivity contribution < 1.29 is 0 Å². The molecule has 0 rings (SSSR count). The monoisotopic (exact) mass is 313 g/mol. The smallest absolute Gasteiger partial charge is 0.00172 e. The van der Waals surface area contributed by atoms with Crippen molar-refractivity contribution in [1.82, 2.24) is 0 Å². The van der Waals surface area contributed by atoms with Gasteiger partial charge < -0.3 is 0 Å². The maximum Gasteiger partial charge on any atom is 0.00172 e. The molecule has 1 unspecified atom stereocenters. The number of rotatable bonds is 17. The predicted octanol–water partition coefficient (Wildman–Crippen LogP) is 7.77. The van der Waals surface area contributed by atoms with Gasteiger partial charge in [-0.3, -0.25) is 0 Å². The summed E-state index contributed by atoms with van der Waals surface area (Å²) >= 11 is 4.31. The molecule has 0 aromatic heterocycles. The highest BCUT2D eigenvalue weighted by molar-refractivity contribution is 7.81. The minimum absolute atomic E-state index is 0.344. The first-order valence-corrected chi connectivity index (χ1v) is 10.3. The highest BCUT2D eigenvalue weighted by Crippen LogP contribution is 2.14. The van der Waals surface area contributed by atoms with Crippen LogP contribution < -0.4 is 0 Å². The lowest BCUT2D eigenvalue weighted by atomic mass is 10.0. The van der Waals surface area contributed by atoms with Crippen LogP contribution in [0.15, 0.2) is 0 Å². The molecule has 0 amide bonds. The van der Waals surface area contributed by atoms with E-state index in [0.717, 1.165) is 0 Å². The van der Waals surface area contributed by atoms with Crippen LogP contribution >= 0.6 is 12.6 Å². The van der Waals surface area contributed by atoms with Gasteiger partial charge in [-0.25, -0.2) is 0 Å². The van der Waals surface area contributed by atoms with Crippen molar-refractivity contribution in [2.75, 3.05) is 0 Å². The van der Waals surface area contributed by atoms with Crippen molar-refractivity contribution in [1.29, 1.82) is 0 Å². The Morgan fingerprint density at radius 2 is 0.857 bits per heavy atom. The second kappa shape index (κ2) is 18.4. The molecule has 0 spiro atoms. The van der Waals surface area contributed by atoms with Crippen LogP contribution in [-0.2, 0) is 0 Å². The average Bonchev–Trinajstić information content (AvgIpc) is 2.46. The molecule has 0 nitrogen and oxygen atoms in total. The van der Waals surface area contributed by atoms with E-state index < -0.39 is 0 Å². The first kappa shape index (κ1) is 21.4. The van der Waals surface area contributed by atoms with Gasteiger partial charge in [0.25, 0.3) is 0 Å². The van der Waals surface area contributed by atoms with E-state index in [1.165, 1.54) is 109 Å². The van der Waals surface area contributed by atoms with Gasteiger partial charge in [-0.2, -0.15) is 12.6 Å². The Bertz CT molecular complexity index is 177. The number of thiol groups is 1. The van der Waals surface area contributed by atoms with E-state index in [2.05, 4.69) is 26.5 Å². The summed E-state index contributed by atoms with van der Waals surface area (Å²) in [6.45, 7) is 6.20. The second-order valence-corrected chi connectivity index (χ2v) is 7.48. The van der Waals surface area contributed by atoms with E-state index in [4.69, 9.17) is 0 Å². The van der Waals surface area contributed by atoms with Gasteiger partial charge >= 0.3 is 0 Å². The Morgan fingerprint density at radius 1 is 0.571 bits per heavy atom. The molecule has 21 heavy (non-hydrogen) atoms. The summed E-state index contributed by atoms with van der Waals surface area (Å²) < 4.78 is 0. The minimum Gasteiger partial charge on any atom is -0.176 e. The molecule has 1 atom stereocenters. The van der Waals surface area contributed by atoms with E-state index >= 15 is 0 Å². The Hall–Kier alpha value is 0.350. The Kier molecular flexibility index (Phi) is 18.7. The maximum atomic E-state index is 4.31. The third kappa shape index (κ3) is 20.4. The van der Waals surface area contributed by atoms with Gasteiger partial charge in [0.15, 0.2) is 0 Å². The zero-order chi connectivity index (χ0) is 15.6. The highest BCUT2D eigenvalue weighted by Gasteiger charge is 1.96. The van der Waals surface area contributed by atoms with Crippen LogP contribution in [0.1, 0.15) is 116 Å². The predicted molar refractivity (Wildman–Crippen MR) is 102 cm³/mol. The van der Waals surface area contributed by atoms with Gasteiger partial charge in [0.05, 0.1) is 0 Å².